The Bertz CT molecular complexity index is 612. The molecule has 1 aliphatic heterocycles. The van der Waals surface area contributed by atoms with Crippen LogP contribution >= 0.6 is 11.3 Å². The molecule has 0 atom stereocenters. The van der Waals surface area contributed by atoms with Gasteiger partial charge in [0.25, 0.3) is 0 Å². The second-order valence-corrected chi connectivity index (χ2v) is 7.97. The molecule has 0 amide bonds. The Morgan fingerprint density at radius 1 is 1.09 bits per heavy atom. The molecule has 0 unspecified atom stereocenters. The summed E-state index contributed by atoms with van der Waals surface area (Å²) >= 11 is 1.81. The molecule has 0 bridgehead atoms. The Morgan fingerprint density at radius 3 is 2.39 bits per heavy atom. The van der Waals surface area contributed by atoms with Crippen molar-refractivity contribution in [1.82, 2.24) is 29.5 Å². The molecule has 0 spiro atoms. The van der Waals surface area contributed by atoms with E-state index in [-0.39, 0.29) is 0 Å². The second kappa shape index (κ2) is 7.51. The van der Waals surface area contributed by atoms with Gasteiger partial charge in [-0.1, -0.05) is 13.8 Å². The van der Waals surface area contributed by atoms with Gasteiger partial charge in [-0.2, -0.15) is 5.10 Å². The lowest BCUT2D eigenvalue weighted by Gasteiger charge is -2.34. The van der Waals surface area contributed by atoms with Crippen LogP contribution < -0.4 is 0 Å². The van der Waals surface area contributed by atoms with Crippen LogP contribution in [-0.2, 0) is 19.6 Å². The predicted molar refractivity (Wildman–Crippen MR) is 92.3 cm³/mol. The maximum absolute atomic E-state index is 4.44. The first-order chi connectivity index (χ1) is 11.1. The summed E-state index contributed by atoms with van der Waals surface area (Å²) in [5.74, 6) is 1.68. The minimum Gasteiger partial charge on any atom is -0.296 e. The van der Waals surface area contributed by atoms with Crippen LogP contribution in [0.2, 0.25) is 0 Å². The molecule has 0 radical (unpaired) electrons. The third-order valence-corrected chi connectivity index (χ3v) is 5.01. The predicted octanol–water partition coefficient (Wildman–Crippen LogP) is 2.02. The minimum absolute atomic E-state index is 0.593. The van der Waals surface area contributed by atoms with Gasteiger partial charge in [-0.25, -0.2) is 14.6 Å². The van der Waals surface area contributed by atoms with E-state index in [1.807, 2.05) is 6.20 Å². The zero-order chi connectivity index (χ0) is 16.2. The highest BCUT2D eigenvalue weighted by Gasteiger charge is 2.19. The molecule has 7 heteroatoms. The van der Waals surface area contributed by atoms with Crippen molar-refractivity contribution in [2.45, 2.75) is 40.4 Å². The number of aryl methyl sites for hydroxylation is 1. The van der Waals surface area contributed by atoms with Crippen molar-refractivity contribution in [2.24, 2.45) is 5.92 Å². The zero-order valence-corrected chi connectivity index (χ0v) is 15.1. The van der Waals surface area contributed by atoms with E-state index < -0.39 is 0 Å². The average Bonchev–Trinajstić information content (AvgIpc) is 3.10. The fourth-order valence-corrected chi connectivity index (χ4v) is 3.75. The van der Waals surface area contributed by atoms with Gasteiger partial charge in [0, 0.05) is 50.3 Å². The topological polar surface area (TPSA) is 50.1 Å². The lowest BCUT2D eigenvalue weighted by Crippen LogP contribution is -2.45. The number of hydrogen-bond acceptors (Lipinski definition) is 6. The monoisotopic (exact) mass is 334 g/mol. The van der Waals surface area contributed by atoms with Crippen molar-refractivity contribution >= 4 is 11.3 Å². The molecular formula is C16H26N6S. The van der Waals surface area contributed by atoms with Gasteiger partial charge < -0.3 is 0 Å². The summed E-state index contributed by atoms with van der Waals surface area (Å²) in [6.45, 7) is 13.8. The lowest BCUT2D eigenvalue weighted by atomic mass is 10.2. The first-order valence-electron chi connectivity index (χ1n) is 8.33. The van der Waals surface area contributed by atoms with Gasteiger partial charge in [0.2, 0.25) is 0 Å². The lowest BCUT2D eigenvalue weighted by molar-refractivity contribution is 0.119. The Balaban J connectivity index is 1.48. The number of hydrogen-bond donors (Lipinski definition) is 0. The van der Waals surface area contributed by atoms with Crippen molar-refractivity contribution in [3.63, 3.8) is 0 Å². The average molecular weight is 334 g/mol. The number of rotatable bonds is 6. The Kier molecular flexibility index (Phi) is 5.40. The molecule has 0 N–H and O–H groups in total. The fraction of sp³-hybridized carbons (Fsp3) is 0.688. The van der Waals surface area contributed by atoms with Gasteiger partial charge in [-0.15, -0.1) is 11.3 Å². The molecule has 23 heavy (non-hydrogen) atoms. The second-order valence-electron chi connectivity index (χ2n) is 6.65. The largest absolute Gasteiger partial charge is 0.296 e. The summed E-state index contributed by atoms with van der Waals surface area (Å²) in [6, 6.07) is 0. The highest BCUT2D eigenvalue weighted by Crippen LogP contribution is 2.16. The van der Waals surface area contributed by atoms with Crippen molar-refractivity contribution in [3.8, 4) is 0 Å². The normalized spacial score (nSPS) is 17.2. The molecule has 1 saturated heterocycles. The zero-order valence-electron chi connectivity index (χ0n) is 14.3. The third-order valence-electron chi connectivity index (χ3n) is 4.11. The molecular weight excluding hydrogens is 308 g/mol. The third kappa shape index (κ3) is 4.59. The van der Waals surface area contributed by atoms with E-state index in [4.69, 9.17) is 0 Å². The maximum Gasteiger partial charge on any atom is 0.141 e. The molecule has 0 aliphatic carbocycles. The molecule has 0 aromatic carbocycles. The van der Waals surface area contributed by atoms with E-state index in [0.717, 1.165) is 56.6 Å². The first kappa shape index (κ1) is 16.5. The molecule has 0 saturated carbocycles. The number of aromatic nitrogens is 4. The van der Waals surface area contributed by atoms with E-state index >= 15 is 0 Å². The van der Waals surface area contributed by atoms with E-state index in [0.29, 0.717) is 5.92 Å². The van der Waals surface area contributed by atoms with Crippen LogP contribution in [0, 0.1) is 12.8 Å². The Hall–Kier alpha value is -1.31. The molecule has 3 rings (SSSR count). The molecule has 2 aromatic rings. The van der Waals surface area contributed by atoms with Gasteiger partial charge in [0.15, 0.2) is 0 Å². The van der Waals surface area contributed by atoms with Crippen LogP contribution in [-0.4, -0.2) is 55.7 Å². The smallest absolute Gasteiger partial charge is 0.141 e. The van der Waals surface area contributed by atoms with Crippen molar-refractivity contribution in [3.05, 3.63) is 28.2 Å². The highest BCUT2D eigenvalue weighted by atomic mass is 32.1. The Morgan fingerprint density at radius 2 is 1.78 bits per heavy atom. The van der Waals surface area contributed by atoms with Crippen molar-refractivity contribution < 1.29 is 0 Å². The summed E-state index contributed by atoms with van der Waals surface area (Å²) in [5.41, 5.74) is 0. The van der Waals surface area contributed by atoms with Crippen LogP contribution in [0.25, 0.3) is 0 Å². The summed E-state index contributed by atoms with van der Waals surface area (Å²) in [4.78, 5) is 15.2. The fourth-order valence-electron chi connectivity index (χ4n) is 2.91. The number of nitrogens with zero attached hydrogens (tertiary/aromatic N) is 6. The van der Waals surface area contributed by atoms with Gasteiger partial charge in [0.1, 0.15) is 12.2 Å². The quantitative estimate of drug-likeness (QED) is 0.809. The van der Waals surface area contributed by atoms with Gasteiger partial charge in [0.05, 0.1) is 11.6 Å². The summed E-state index contributed by atoms with van der Waals surface area (Å²) in [6.07, 6.45) is 3.70. The Labute approximate surface area is 142 Å². The molecule has 1 aliphatic rings. The van der Waals surface area contributed by atoms with Crippen LogP contribution in [0.3, 0.4) is 0 Å². The minimum atomic E-state index is 0.593. The van der Waals surface area contributed by atoms with Gasteiger partial charge in [-0.3, -0.25) is 9.80 Å². The van der Waals surface area contributed by atoms with E-state index in [1.165, 1.54) is 4.88 Å². The van der Waals surface area contributed by atoms with Crippen LogP contribution in [0.1, 0.15) is 29.6 Å². The standard InChI is InChI=1S/C16H26N6S/c1-13(2)9-22-16(18-12-19-22)11-21-6-4-20(5-7-21)10-15-8-17-14(3)23-15/h8,12-13H,4-7,9-11H2,1-3H3. The van der Waals surface area contributed by atoms with E-state index in [1.54, 1.807) is 17.7 Å². The van der Waals surface area contributed by atoms with Crippen molar-refractivity contribution in [1.29, 1.82) is 0 Å². The molecule has 126 valence electrons. The maximum atomic E-state index is 4.44. The number of piperazine rings is 1. The molecule has 3 heterocycles. The van der Waals surface area contributed by atoms with Crippen molar-refractivity contribution in [2.75, 3.05) is 26.2 Å². The van der Waals surface area contributed by atoms with Gasteiger partial charge >= 0.3 is 0 Å². The SMILES string of the molecule is Cc1ncc(CN2CCN(Cc3ncnn3CC(C)C)CC2)s1. The number of thiazole rings is 1. The molecule has 6 nitrogen and oxygen atoms in total. The van der Waals surface area contributed by atoms with Crippen LogP contribution in [0.15, 0.2) is 12.5 Å². The molecule has 1 fully saturated rings. The highest BCUT2D eigenvalue weighted by molar-refractivity contribution is 7.11. The van der Waals surface area contributed by atoms with Crippen LogP contribution in [0.5, 0.6) is 0 Å². The first-order valence-corrected chi connectivity index (χ1v) is 9.14. The summed E-state index contributed by atoms with van der Waals surface area (Å²) in [7, 11) is 0. The molecule has 2 aromatic heterocycles. The van der Waals surface area contributed by atoms with Crippen LogP contribution in [0.4, 0.5) is 0 Å². The van der Waals surface area contributed by atoms with Gasteiger partial charge in [-0.05, 0) is 12.8 Å². The summed E-state index contributed by atoms with van der Waals surface area (Å²) < 4.78 is 2.05. The van der Waals surface area contributed by atoms with E-state index in [2.05, 4.69) is 50.3 Å². The van der Waals surface area contributed by atoms with E-state index in [9.17, 15) is 0 Å². The summed E-state index contributed by atoms with van der Waals surface area (Å²) in [5, 5.41) is 5.51.